The molecule has 0 fully saturated rings. The molecule has 0 bridgehead atoms. The molecule has 4 nitrogen and oxygen atoms in total. The van der Waals surface area contributed by atoms with Gasteiger partial charge >= 0.3 is 5.97 Å². The molecule has 0 spiro atoms. The summed E-state index contributed by atoms with van der Waals surface area (Å²) in [6.07, 6.45) is 2.15. The van der Waals surface area contributed by atoms with Crippen molar-refractivity contribution in [2.24, 2.45) is 0 Å². The molecule has 0 aliphatic rings. The first-order chi connectivity index (χ1) is 8.21. The molecule has 0 saturated carbocycles. The quantitative estimate of drug-likeness (QED) is 0.342. The zero-order chi connectivity index (χ0) is 12.7. The van der Waals surface area contributed by atoms with E-state index in [1.54, 1.807) is 37.3 Å². The second-order valence-corrected chi connectivity index (χ2v) is 3.17. The number of rotatable bonds is 4. The lowest BCUT2D eigenvalue weighted by atomic mass is 10.1. The summed E-state index contributed by atoms with van der Waals surface area (Å²) in [5.74, 6) is -0.644. The maximum atomic E-state index is 11.3. The molecule has 0 atom stereocenters. The van der Waals surface area contributed by atoms with E-state index in [2.05, 4.69) is 0 Å². The number of benzene rings is 1. The van der Waals surface area contributed by atoms with Gasteiger partial charge in [0, 0.05) is 5.56 Å². The number of aldehydes is 1. The van der Waals surface area contributed by atoms with Crippen LogP contribution in [0.5, 0.6) is 0 Å². The van der Waals surface area contributed by atoms with Gasteiger partial charge in [-0.1, -0.05) is 24.3 Å². The third-order valence-corrected chi connectivity index (χ3v) is 2.00. The second-order valence-electron chi connectivity index (χ2n) is 3.17. The molecule has 17 heavy (non-hydrogen) atoms. The lowest BCUT2D eigenvalue weighted by molar-refractivity contribution is -0.137. The van der Waals surface area contributed by atoms with Crippen LogP contribution in [0.1, 0.15) is 22.8 Å². The van der Waals surface area contributed by atoms with Crippen LogP contribution in [0, 0.1) is 11.3 Å². The highest BCUT2D eigenvalue weighted by Gasteiger charge is 2.09. The predicted octanol–water partition coefficient (Wildman–Crippen LogP) is 1.97. The molecule has 0 saturated heterocycles. The van der Waals surface area contributed by atoms with Crippen LogP contribution in [0.4, 0.5) is 0 Å². The zero-order valence-corrected chi connectivity index (χ0v) is 9.34. The number of hydrogen-bond acceptors (Lipinski definition) is 4. The van der Waals surface area contributed by atoms with E-state index in [1.165, 1.54) is 6.08 Å². The molecular weight excluding hydrogens is 218 g/mol. The van der Waals surface area contributed by atoms with Crippen molar-refractivity contribution < 1.29 is 14.3 Å². The minimum Gasteiger partial charge on any atom is -0.462 e. The van der Waals surface area contributed by atoms with E-state index in [1.807, 2.05) is 0 Å². The van der Waals surface area contributed by atoms with E-state index in [0.29, 0.717) is 11.1 Å². The van der Waals surface area contributed by atoms with Crippen molar-refractivity contribution in [2.75, 3.05) is 6.61 Å². The molecule has 1 rings (SSSR count). The molecule has 0 aliphatic carbocycles. The first-order valence-electron chi connectivity index (χ1n) is 5.05. The van der Waals surface area contributed by atoms with Crippen molar-refractivity contribution in [2.45, 2.75) is 6.92 Å². The number of esters is 1. The molecule has 1 aromatic carbocycles. The summed E-state index contributed by atoms with van der Waals surface area (Å²) < 4.78 is 4.73. The predicted molar refractivity (Wildman–Crippen MR) is 62.1 cm³/mol. The van der Waals surface area contributed by atoms with Gasteiger partial charge in [-0.25, -0.2) is 4.79 Å². The van der Waals surface area contributed by atoms with Crippen molar-refractivity contribution in [3.05, 3.63) is 41.0 Å². The smallest absolute Gasteiger partial charge is 0.348 e. The van der Waals surface area contributed by atoms with Gasteiger partial charge in [0.25, 0.3) is 0 Å². The minimum absolute atomic E-state index is 0.0642. The number of nitriles is 1. The summed E-state index contributed by atoms with van der Waals surface area (Å²) in [7, 11) is 0. The monoisotopic (exact) mass is 229 g/mol. The summed E-state index contributed by atoms with van der Waals surface area (Å²) in [5.41, 5.74) is 1.14. The fraction of sp³-hybridized carbons (Fsp3) is 0.154. The second kappa shape index (κ2) is 6.23. The Morgan fingerprint density at radius 3 is 2.41 bits per heavy atom. The van der Waals surface area contributed by atoms with Crippen molar-refractivity contribution in [1.29, 1.82) is 5.26 Å². The average molecular weight is 229 g/mol. The number of ether oxygens (including phenoxy) is 1. The van der Waals surface area contributed by atoms with Crippen molar-refractivity contribution >= 4 is 18.3 Å². The van der Waals surface area contributed by atoms with Crippen LogP contribution >= 0.6 is 0 Å². The maximum Gasteiger partial charge on any atom is 0.348 e. The van der Waals surface area contributed by atoms with Crippen molar-refractivity contribution in [3.8, 4) is 6.07 Å². The zero-order valence-electron chi connectivity index (χ0n) is 9.34. The van der Waals surface area contributed by atoms with Gasteiger partial charge in [-0.2, -0.15) is 5.26 Å². The highest BCUT2D eigenvalue weighted by atomic mass is 16.5. The molecule has 0 amide bonds. The van der Waals surface area contributed by atoms with Crippen LogP contribution in [-0.2, 0) is 9.53 Å². The van der Waals surface area contributed by atoms with Crippen molar-refractivity contribution in [3.63, 3.8) is 0 Å². The van der Waals surface area contributed by atoms with Crippen LogP contribution < -0.4 is 0 Å². The Hall–Kier alpha value is -2.41. The van der Waals surface area contributed by atoms with Crippen molar-refractivity contribution in [1.82, 2.24) is 0 Å². The van der Waals surface area contributed by atoms with E-state index in [9.17, 15) is 9.59 Å². The van der Waals surface area contributed by atoms with Crippen LogP contribution in [-0.4, -0.2) is 18.9 Å². The van der Waals surface area contributed by atoms with Gasteiger partial charge in [-0.3, -0.25) is 4.79 Å². The molecule has 86 valence electrons. The van der Waals surface area contributed by atoms with Crippen LogP contribution in [0.25, 0.3) is 6.08 Å². The number of hydrogen-bond donors (Lipinski definition) is 0. The SMILES string of the molecule is CCOC(=O)/C(C#N)=C\c1ccc(C=O)cc1. The fourth-order valence-electron chi connectivity index (χ4n) is 1.18. The lowest BCUT2D eigenvalue weighted by Crippen LogP contribution is -2.05. The Labute approximate surface area is 99.1 Å². The maximum absolute atomic E-state index is 11.3. The van der Waals surface area contributed by atoms with Gasteiger partial charge in [0.15, 0.2) is 0 Å². The molecule has 4 heteroatoms. The van der Waals surface area contributed by atoms with Gasteiger partial charge in [-0.05, 0) is 18.6 Å². The van der Waals surface area contributed by atoms with Gasteiger partial charge < -0.3 is 4.74 Å². The summed E-state index contributed by atoms with van der Waals surface area (Å²) in [5, 5.41) is 8.81. The molecule has 0 radical (unpaired) electrons. The Balaban J connectivity index is 2.94. The van der Waals surface area contributed by atoms with Crippen LogP contribution in [0.15, 0.2) is 29.8 Å². The summed E-state index contributed by atoms with van der Waals surface area (Å²) in [4.78, 5) is 21.8. The molecule has 0 heterocycles. The number of nitrogens with zero attached hydrogens (tertiary/aromatic N) is 1. The average Bonchev–Trinajstić information content (AvgIpc) is 2.37. The van der Waals surface area contributed by atoms with Gasteiger partial charge in [0.1, 0.15) is 17.9 Å². The normalized spacial score (nSPS) is 10.5. The highest BCUT2D eigenvalue weighted by molar-refractivity contribution is 5.97. The van der Waals surface area contributed by atoms with E-state index < -0.39 is 5.97 Å². The minimum atomic E-state index is -0.644. The van der Waals surface area contributed by atoms with Gasteiger partial charge in [0.2, 0.25) is 0 Å². The standard InChI is InChI=1S/C13H11NO3/c1-2-17-13(16)12(8-14)7-10-3-5-11(9-15)6-4-10/h3-7,9H,2H2,1H3/b12-7-. The highest BCUT2D eigenvalue weighted by Crippen LogP contribution is 2.09. The molecular formula is C13H11NO3. The van der Waals surface area contributed by atoms with E-state index in [0.717, 1.165) is 6.29 Å². The number of carbonyl (C=O) groups excluding carboxylic acids is 2. The summed E-state index contributed by atoms with van der Waals surface area (Å²) in [6, 6.07) is 8.31. The Kier molecular flexibility index (Phi) is 4.64. The molecule has 1 aromatic rings. The first-order valence-corrected chi connectivity index (χ1v) is 5.05. The van der Waals surface area contributed by atoms with E-state index in [4.69, 9.17) is 10.00 Å². The number of carbonyl (C=O) groups is 2. The molecule has 0 unspecified atom stereocenters. The molecule has 0 aliphatic heterocycles. The first kappa shape index (κ1) is 12.7. The van der Waals surface area contributed by atoms with Gasteiger partial charge in [-0.15, -0.1) is 0 Å². The Morgan fingerprint density at radius 2 is 1.94 bits per heavy atom. The van der Waals surface area contributed by atoms with E-state index in [-0.39, 0.29) is 12.2 Å². The third-order valence-electron chi connectivity index (χ3n) is 2.00. The molecule has 0 N–H and O–H groups in total. The van der Waals surface area contributed by atoms with Crippen LogP contribution in [0.3, 0.4) is 0 Å². The largest absolute Gasteiger partial charge is 0.462 e. The van der Waals surface area contributed by atoms with E-state index >= 15 is 0 Å². The van der Waals surface area contributed by atoms with Gasteiger partial charge in [0.05, 0.1) is 6.61 Å². The summed E-state index contributed by atoms with van der Waals surface area (Å²) in [6.45, 7) is 1.90. The fourth-order valence-corrected chi connectivity index (χ4v) is 1.18. The molecule has 0 aromatic heterocycles. The topological polar surface area (TPSA) is 67.2 Å². The van der Waals surface area contributed by atoms with Crippen LogP contribution in [0.2, 0.25) is 0 Å². The third kappa shape index (κ3) is 3.58. The Morgan fingerprint density at radius 1 is 1.35 bits per heavy atom. The Bertz CT molecular complexity index is 480. The lowest BCUT2D eigenvalue weighted by Gasteiger charge is -1.99. The summed E-state index contributed by atoms with van der Waals surface area (Å²) >= 11 is 0.